The summed E-state index contributed by atoms with van der Waals surface area (Å²) in [6.45, 7) is 3.04. The summed E-state index contributed by atoms with van der Waals surface area (Å²) < 4.78 is 39.2. The van der Waals surface area contributed by atoms with Crippen molar-refractivity contribution in [1.29, 1.82) is 0 Å². The molecule has 0 saturated carbocycles. The molecule has 0 spiro atoms. The minimum Gasteiger partial charge on any atom is -0.338 e. The number of nitrogens with zero attached hydrogens (tertiary/aromatic N) is 1. The molecule has 1 aromatic rings. The number of benzene rings is 1. The van der Waals surface area contributed by atoms with Crippen molar-refractivity contribution in [3.63, 3.8) is 0 Å². The standard InChI is InChI=1S/C16H18F3N3O2/c1-9-13(10(2)21-15(24)20-9)14(23)22(3)8-11-6-4-5-7-12(11)16(17,18)19/h4-7,9H,8H2,1-3H3,(H2,20,21,24)/t9-/m0/s1. The summed E-state index contributed by atoms with van der Waals surface area (Å²) in [4.78, 5) is 25.2. The average Bonchev–Trinajstić information content (AvgIpc) is 2.45. The van der Waals surface area contributed by atoms with Crippen LogP contribution in [0.4, 0.5) is 18.0 Å². The maximum absolute atomic E-state index is 13.1. The maximum Gasteiger partial charge on any atom is 0.416 e. The second-order valence-corrected chi connectivity index (χ2v) is 5.67. The number of allylic oxidation sites excluding steroid dienone is 1. The van der Waals surface area contributed by atoms with Gasteiger partial charge in [0.05, 0.1) is 17.2 Å². The molecule has 0 bridgehead atoms. The molecule has 2 N–H and O–H groups in total. The SMILES string of the molecule is CC1=C(C(=O)N(C)Cc2ccccc2C(F)(F)F)[C@H](C)NC(=O)N1. The molecule has 8 heteroatoms. The molecule has 0 unspecified atom stereocenters. The number of alkyl halides is 3. The molecule has 1 aliphatic heterocycles. The van der Waals surface area contributed by atoms with E-state index >= 15 is 0 Å². The van der Waals surface area contributed by atoms with E-state index in [-0.39, 0.29) is 12.1 Å². The van der Waals surface area contributed by atoms with Crippen LogP contribution in [0.1, 0.15) is 25.0 Å². The van der Waals surface area contributed by atoms with Crippen LogP contribution >= 0.6 is 0 Å². The Kier molecular flexibility index (Phi) is 4.86. The second-order valence-electron chi connectivity index (χ2n) is 5.67. The van der Waals surface area contributed by atoms with Crippen LogP contribution in [0.5, 0.6) is 0 Å². The van der Waals surface area contributed by atoms with E-state index in [2.05, 4.69) is 10.6 Å². The fourth-order valence-corrected chi connectivity index (χ4v) is 2.68. The summed E-state index contributed by atoms with van der Waals surface area (Å²) in [6.07, 6.45) is -4.48. The summed E-state index contributed by atoms with van der Waals surface area (Å²) in [6, 6.07) is 4.21. The van der Waals surface area contributed by atoms with Gasteiger partial charge < -0.3 is 15.5 Å². The van der Waals surface area contributed by atoms with Crippen molar-refractivity contribution >= 4 is 11.9 Å². The van der Waals surface area contributed by atoms with Gasteiger partial charge in [0.15, 0.2) is 0 Å². The number of carbonyl (C=O) groups is 2. The number of hydrogen-bond donors (Lipinski definition) is 2. The number of halogens is 3. The molecule has 0 fully saturated rings. The van der Waals surface area contributed by atoms with Crippen molar-refractivity contribution in [3.8, 4) is 0 Å². The van der Waals surface area contributed by atoms with E-state index in [0.29, 0.717) is 11.3 Å². The Hall–Kier alpha value is -2.51. The van der Waals surface area contributed by atoms with Gasteiger partial charge in [-0.25, -0.2) is 4.79 Å². The first kappa shape index (κ1) is 17.8. The first-order valence-corrected chi connectivity index (χ1v) is 7.30. The molecule has 0 aromatic heterocycles. The number of amides is 3. The Morgan fingerprint density at radius 3 is 2.50 bits per heavy atom. The van der Waals surface area contributed by atoms with Gasteiger partial charge in [-0.05, 0) is 25.5 Å². The monoisotopic (exact) mass is 341 g/mol. The van der Waals surface area contributed by atoms with Crippen LogP contribution in [0.15, 0.2) is 35.5 Å². The fourth-order valence-electron chi connectivity index (χ4n) is 2.68. The fraction of sp³-hybridized carbons (Fsp3) is 0.375. The van der Waals surface area contributed by atoms with Gasteiger partial charge in [0, 0.05) is 19.3 Å². The molecule has 0 saturated heterocycles. The minimum absolute atomic E-state index is 0.0135. The first-order valence-electron chi connectivity index (χ1n) is 7.30. The summed E-state index contributed by atoms with van der Waals surface area (Å²) in [5, 5.41) is 5.06. The smallest absolute Gasteiger partial charge is 0.338 e. The van der Waals surface area contributed by atoms with Crippen LogP contribution in [-0.2, 0) is 17.5 Å². The van der Waals surface area contributed by atoms with Crippen molar-refractivity contribution in [2.75, 3.05) is 7.05 Å². The summed E-state index contributed by atoms with van der Waals surface area (Å²) >= 11 is 0. The molecule has 2 rings (SSSR count). The van der Waals surface area contributed by atoms with Crippen molar-refractivity contribution in [1.82, 2.24) is 15.5 Å². The Balaban J connectivity index is 2.25. The second kappa shape index (κ2) is 6.54. The van der Waals surface area contributed by atoms with E-state index in [0.717, 1.165) is 6.07 Å². The van der Waals surface area contributed by atoms with Gasteiger partial charge >= 0.3 is 12.2 Å². The quantitative estimate of drug-likeness (QED) is 0.888. The van der Waals surface area contributed by atoms with Gasteiger partial charge in [-0.1, -0.05) is 18.2 Å². The van der Waals surface area contributed by atoms with E-state index in [4.69, 9.17) is 0 Å². The van der Waals surface area contributed by atoms with Crippen LogP contribution in [0, 0.1) is 0 Å². The third-order valence-electron chi connectivity index (χ3n) is 3.79. The highest BCUT2D eigenvalue weighted by Gasteiger charge is 2.34. The van der Waals surface area contributed by atoms with E-state index in [9.17, 15) is 22.8 Å². The Morgan fingerprint density at radius 1 is 1.29 bits per heavy atom. The van der Waals surface area contributed by atoms with E-state index in [1.54, 1.807) is 13.8 Å². The van der Waals surface area contributed by atoms with Gasteiger partial charge in [-0.15, -0.1) is 0 Å². The largest absolute Gasteiger partial charge is 0.416 e. The molecule has 5 nitrogen and oxygen atoms in total. The van der Waals surface area contributed by atoms with Crippen LogP contribution < -0.4 is 10.6 Å². The molecule has 3 amide bonds. The van der Waals surface area contributed by atoms with Crippen LogP contribution in [0.2, 0.25) is 0 Å². The average molecular weight is 341 g/mol. The summed E-state index contributed by atoms with van der Waals surface area (Å²) in [5.41, 5.74) is -0.0353. The van der Waals surface area contributed by atoms with Crippen LogP contribution in [0.25, 0.3) is 0 Å². The number of rotatable bonds is 3. The van der Waals surface area contributed by atoms with Gasteiger partial charge in [-0.3, -0.25) is 4.79 Å². The Morgan fingerprint density at radius 2 is 1.92 bits per heavy atom. The Bertz CT molecular complexity index is 698. The third-order valence-corrected chi connectivity index (χ3v) is 3.79. The van der Waals surface area contributed by atoms with Crippen molar-refractivity contribution < 1.29 is 22.8 Å². The lowest BCUT2D eigenvalue weighted by molar-refractivity contribution is -0.139. The molecule has 24 heavy (non-hydrogen) atoms. The molecule has 1 heterocycles. The number of nitrogens with one attached hydrogen (secondary N) is 2. The highest BCUT2D eigenvalue weighted by molar-refractivity contribution is 5.98. The summed E-state index contributed by atoms with van der Waals surface area (Å²) in [7, 11) is 1.43. The van der Waals surface area contributed by atoms with E-state index < -0.39 is 29.7 Å². The van der Waals surface area contributed by atoms with Crippen molar-refractivity contribution in [2.45, 2.75) is 32.6 Å². The van der Waals surface area contributed by atoms with Gasteiger partial charge in [0.1, 0.15) is 0 Å². The van der Waals surface area contributed by atoms with Gasteiger partial charge in [0.25, 0.3) is 5.91 Å². The molecule has 0 radical (unpaired) electrons. The molecule has 0 aliphatic carbocycles. The molecule has 1 aromatic carbocycles. The lowest BCUT2D eigenvalue weighted by Gasteiger charge is -2.29. The number of urea groups is 1. The number of carbonyl (C=O) groups excluding carboxylic acids is 2. The zero-order valence-corrected chi connectivity index (χ0v) is 13.5. The van der Waals surface area contributed by atoms with Crippen molar-refractivity contribution in [2.24, 2.45) is 0 Å². The zero-order valence-electron chi connectivity index (χ0n) is 13.5. The maximum atomic E-state index is 13.1. The molecule has 1 aliphatic rings. The summed E-state index contributed by atoms with van der Waals surface area (Å²) in [5.74, 6) is -0.440. The molecule has 1 atom stereocenters. The predicted octanol–water partition coefficient (Wildman–Crippen LogP) is 2.64. The molecule has 130 valence electrons. The lowest BCUT2D eigenvalue weighted by atomic mass is 10.0. The predicted molar refractivity (Wildman–Crippen MR) is 81.7 cm³/mol. The third kappa shape index (κ3) is 3.69. The lowest BCUT2D eigenvalue weighted by Crippen LogP contribution is -2.50. The highest BCUT2D eigenvalue weighted by atomic mass is 19.4. The Labute approximate surface area is 137 Å². The normalized spacial score (nSPS) is 18.1. The first-order chi connectivity index (χ1) is 11.1. The number of hydrogen-bond acceptors (Lipinski definition) is 2. The topological polar surface area (TPSA) is 61.4 Å². The van der Waals surface area contributed by atoms with Crippen LogP contribution in [0.3, 0.4) is 0 Å². The van der Waals surface area contributed by atoms with Gasteiger partial charge in [0.2, 0.25) is 0 Å². The molecular weight excluding hydrogens is 323 g/mol. The van der Waals surface area contributed by atoms with E-state index in [1.165, 1.54) is 30.1 Å². The van der Waals surface area contributed by atoms with Gasteiger partial charge in [-0.2, -0.15) is 13.2 Å². The van der Waals surface area contributed by atoms with Crippen LogP contribution in [-0.4, -0.2) is 29.9 Å². The minimum atomic E-state index is -4.48. The van der Waals surface area contributed by atoms with Crippen molar-refractivity contribution in [3.05, 3.63) is 46.7 Å². The van der Waals surface area contributed by atoms with E-state index in [1.807, 2.05) is 0 Å². The zero-order chi connectivity index (χ0) is 18.1. The molecular formula is C16H18F3N3O2. The highest BCUT2D eigenvalue weighted by Crippen LogP contribution is 2.32. The number of likely N-dealkylation sites (N-methyl/N-ethyl adjacent to an activating group) is 1.